The van der Waals surface area contributed by atoms with Gasteiger partial charge in [-0.05, 0) is 59.1 Å². The van der Waals surface area contributed by atoms with E-state index in [1.807, 2.05) is 0 Å². The molecular weight excluding hydrogens is 863 g/mol. The van der Waals surface area contributed by atoms with E-state index in [1.54, 1.807) is 0 Å². The van der Waals surface area contributed by atoms with Crippen LogP contribution in [0.2, 0.25) is 13.1 Å². The Bertz CT molecular complexity index is 2300. The van der Waals surface area contributed by atoms with Gasteiger partial charge in [0.1, 0.15) is 0 Å². The van der Waals surface area contributed by atoms with E-state index in [4.69, 9.17) is 17.0 Å². The van der Waals surface area contributed by atoms with Gasteiger partial charge in [0.05, 0.1) is 0 Å². The predicted molar refractivity (Wildman–Crippen MR) is 266 cm³/mol. The van der Waals surface area contributed by atoms with Crippen molar-refractivity contribution in [3.8, 4) is 44.5 Å². The Hall–Kier alpha value is -3.78. The van der Waals surface area contributed by atoms with Crippen LogP contribution in [0.25, 0.3) is 66.1 Å². The molecule has 0 unspecified atom stereocenters. The van der Waals surface area contributed by atoms with Gasteiger partial charge < -0.3 is 0 Å². The van der Waals surface area contributed by atoms with Gasteiger partial charge >= 0.3 is 37.9 Å². The van der Waals surface area contributed by atoms with Gasteiger partial charge in [0, 0.05) is 9.52 Å². The maximum absolute atomic E-state index is 4.93. The zero-order chi connectivity index (χ0) is 42.7. The Morgan fingerprint density at radius 1 is 0.467 bits per heavy atom. The average Bonchev–Trinajstić information content (AvgIpc) is 3.92. The number of hydrogen-bond donors (Lipinski definition) is 0. The summed E-state index contributed by atoms with van der Waals surface area (Å²) in [5, 5.41) is 5.56. The summed E-state index contributed by atoms with van der Waals surface area (Å²) in [5.41, 5.74) is 16.5. The van der Waals surface area contributed by atoms with Crippen LogP contribution in [0.3, 0.4) is 0 Å². The normalized spacial score (nSPS) is 10.5. The van der Waals surface area contributed by atoms with E-state index in [0.717, 1.165) is 22.4 Å². The predicted octanol–water partition coefficient (Wildman–Crippen LogP) is 17.8. The van der Waals surface area contributed by atoms with Crippen LogP contribution in [0.5, 0.6) is 0 Å². The number of unbranched alkanes of at least 4 members (excludes halogenated alkanes) is 2. The Morgan fingerprint density at radius 2 is 0.800 bits per heavy atom. The van der Waals surface area contributed by atoms with Crippen molar-refractivity contribution in [2.24, 2.45) is 0 Å². The molecule has 306 valence electrons. The fourth-order valence-electron chi connectivity index (χ4n) is 8.19. The molecule has 60 heavy (non-hydrogen) atoms. The molecule has 0 bridgehead atoms. The Labute approximate surface area is 382 Å². The average molecular weight is 923 g/mol. The molecule has 8 rings (SSSR count). The van der Waals surface area contributed by atoms with Crippen LogP contribution < -0.4 is 0 Å². The summed E-state index contributed by atoms with van der Waals surface area (Å²) in [4.78, 5) is 0. The Balaban J connectivity index is 0.000000201. The van der Waals surface area contributed by atoms with Crippen molar-refractivity contribution in [3.63, 3.8) is 0 Å². The standard InChI is InChI=1S/2C27H27.C2H6Si.2ClH.Zr/c2*1-3-5-11-20-18-23-17-16-21(4-2)27(26(23)19-20)25-15-10-9-14-24(25)22-12-7-6-8-13-22;1-3-2;;;/h2*6-10,12-19H,3-5,11H2,1-2H3;1-2H3;2*1H;/q2*-1;;;;+4/p-2. The number of hydrogen-bond acceptors (Lipinski definition) is 0. The molecule has 0 N–H and O–H groups in total. The van der Waals surface area contributed by atoms with Crippen LogP contribution in [0.4, 0.5) is 0 Å². The summed E-state index contributed by atoms with van der Waals surface area (Å²) in [6.45, 7) is 13.4. The monoisotopic (exact) mass is 920 g/mol. The van der Waals surface area contributed by atoms with E-state index in [1.165, 1.54) is 127 Å². The number of benzene rings is 6. The van der Waals surface area contributed by atoms with Crippen molar-refractivity contribution in [2.75, 3.05) is 0 Å². The summed E-state index contributed by atoms with van der Waals surface area (Å²) in [7, 11) is 11.0. The third-order valence-corrected chi connectivity index (χ3v) is 11.0. The van der Waals surface area contributed by atoms with Crippen LogP contribution in [0, 0.1) is 0 Å². The van der Waals surface area contributed by atoms with Crippen LogP contribution in [-0.4, -0.2) is 9.52 Å². The summed E-state index contributed by atoms with van der Waals surface area (Å²) in [6.07, 6.45) is 9.43. The molecule has 8 aromatic rings. The molecule has 0 saturated carbocycles. The van der Waals surface area contributed by atoms with Crippen LogP contribution >= 0.6 is 17.0 Å². The number of rotatable bonds is 12. The van der Waals surface area contributed by atoms with Crippen molar-refractivity contribution >= 4 is 48.1 Å². The van der Waals surface area contributed by atoms with Crippen molar-refractivity contribution in [1.82, 2.24) is 0 Å². The van der Waals surface area contributed by atoms with Gasteiger partial charge in [0.15, 0.2) is 0 Å². The van der Waals surface area contributed by atoms with Crippen molar-refractivity contribution in [1.29, 1.82) is 0 Å². The second-order valence-electron chi connectivity index (χ2n) is 15.2. The molecule has 0 aromatic heterocycles. The van der Waals surface area contributed by atoms with Crippen LogP contribution in [0.1, 0.15) is 75.6 Å². The zero-order valence-electron chi connectivity index (χ0n) is 36.4. The fraction of sp³-hybridized carbons (Fsp3) is 0.250. The molecule has 8 aromatic carbocycles. The minimum atomic E-state index is -0.826. The number of fused-ring (bicyclic) bond motifs is 2. The third kappa shape index (κ3) is 12.2. The molecule has 0 amide bonds. The molecule has 4 heteroatoms. The molecule has 0 aliphatic heterocycles. The molecule has 0 saturated heterocycles. The van der Waals surface area contributed by atoms with Gasteiger partial charge in [-0.15, -0.1) is 69.1 Å². The second kappa shape index (κ2) is 25.2. The van der Waals surface area contributed by atoms with E-state index in [-0.39, 0.29) is 0 Å². The molecule has 0 fully saturated rings. The number of aryl methyl sites for hydroxylation is 4. The fourth-order valence-corrected chi connectivity index (χ4v) is 8.19. The van der Waals surface area contributed by atoms with Crippen LogP contribution in [-0.2, 0) is 46.5 Å². The van der Waals surface area contributed by atoms with Gasteiger partial charge in [0.2, 0.25) is 0 Å². The van der Waals surface area contributed by atoms with Crippen molar-refractivity contribution in [2.45, 2.75) is 92.2 Å². The van der Waals surface area contributed by atoms with Gasteiger partial charge in [-0.1, -0.05) is 198 Å². The first-order chi connectivity index (χ1) is 29.5. The minimum absolute atomic E-state index is 0.826. The topological polar surface area (TPSA) is 0 Å². The molecule has 2 radical (unpaired) electrons. The first kappa shape index (κ1) is 47.3. The SMILES string of the molecule is CCCCc1cc2c(-c3ccccc3-c3ccccc3)c(CC)ccc2[cH-]1.CCCCc1cc2c(-c3ccccc3-c3ccccc3)c(CC)ccc2[cH-]1.C[Si]C.[Cl][Zr+2][Cl]. The Morgan fingerprint density at radius 3 is 1.13 bits per heavy atom. The van der Waals surface area contributed by atoms with E-state index in [2.05, 4.69) is 199 Å². The van der Waals surface area contributed by atoms with Crippen LogP contribution in [0.15, 0.2) is 158 Å². The molecule has 0 heterocycles. The summed E-state index contributed by atoms with van der Waals surface area (Å²) < 4.78 is 0. The molecular formula is C56H60Cl2SiZr. The first-order valence-corrected chi connectivity index (χ1v) is 30.1. The van der Waals surface area contributed by atoms with E-state index >= 15 is 0 Å². The molecule has 0 aliphatic carbocycles. The first-order valence-electron chi connectivity index (χ1n) is 21.7. The van der Waals surface area contributed by atoms with Crippen molar-refractivity contribution in [3.05, 3.63) is 180 Å². The molecule has 0 atom stereocenters. The van der Waals surface area contributed by atoms with Crippen molar-refractivity contribution < 1.29 is 20.8 Å². The third-order valence-electron chi connectivity index (χ3n) is 11.0. The zero-order valence-corrected chi connectivity index (χ0v) is 41.4. The van der Waals surface area contributed by atoms with E-state index < -0.39 is 20.8 Å². The van der Waals surface area contributed by atoms with Gasteiger partial charge in [-0.25, -0.2) is 0 Å². The second-order valence-corrected chi connectivity index (χ2v) is 20.0. The quantitative estimate of drug-likeness (QED) is 0.0846. The van der Waals surface area contributed by atoms with Gasteiger partial charge in [-0.3, -0.25) is 0 Å². The summed E-state index contributed by atoms with van der Waals surface area (Å²) >= 11 is -0.826. The maximum atomic E-state index is 4.93. The van der Waals surface area contributed by atoms with E-state index in [0.29, 0.717) is 0 Å². The summed E-state index contributed by atoms with van der Waals surface area (Å²) in [5.74, 6) is 0. The van der Waals surface area contributed by atoms with E-state index in [9.17, 15) is 0 Å². The van der Waals surface area contributed by atoms with Gasteiger partial charge in [0.25, 0.3) is 0 Å². The molecule has 0 aliphatic rings. The summed E-state index contributed by atoms with van der Waals surface area (Å²) in [6, 6.07) is 58.1. The number of halogens is 2. The van der Waals surface area contributed by atoms with Gasteiger partial charge in [-0.2, -0.15) is 12.1 Å². The Kier molecular flexibility index (Phi) is 19.9. The molecule has 0 nitrogen and oxygen atoms in total. The molecule has 0 spiro atoms.